The molecule has 0 bridgehead atoms. The minimum Gasteiger partial charge on any atom is -0.390 e. The second kappa shape index (κ2) is 12.8. The van der Waals surface area contributed by atoms with Gasteiger partial charge in [-0.3, -0.25) is 0 Å². The summed E-state index contributed by atoms with van der Waals surface area (Å²) in [6, 6.07) is 0. The van der Waals surface area contributed by atoms with Crippen molar-refractivity contribution in [3.63, 3.8) is 0 Å². The molecule has 156 valence electrons. The van der Waals surface area contributed by atoms with E-state index in [1.54, 1.807) is 0 Å². The van der Waals surface area contributed by atoms with E-state index in [2.05, 4.69) is 12.8 Å². The summed E-state index contributed by atoms with van der Waals surface area (Å²) in [4.78, 5) is 0. The first-order valence-electron chi connectivity index (χ1n) is 11.3. The summed E-state index contributed by atoms with van der Waals surface area (Å²) in [6.07, 6.45) is 19.2. The Bertz CT molecular complexity index is 433. The van der Waals surface area contributed by atoms with Crippen molar-refractivity contribution in [2.45, 2.75) is 133 Å². The maximum absolute atomic E-state index is 10.5. The third kappa shape index (κ3) is 7.74. The molecule has 2 heterocycles. The van der Waals surface area contributed by atoms with E-state index in [-0.39, 0.29) is 30.5 Å². The molecule has 0 unspecified atom stereocenters. The third-order valence-electron chi connectivity index (χ3n) is 6.12. The Kier molecular flexibility index (Phi) is 10.7. The molecule has 2 saturated heterocycles. The Morgan fingerprint density at radius 2 is 1.33 bits per heavy atom. The van der Waals surface area contributed by atoms with Gasteiger partial charge in [0.2, 0.25) is 0 Å². The first kappa shape index (κ1) is 22.7. The van der Waals surface area contributed by atoms with Crippen molar-refractivity contribution in [2.75, 3.05) is 0 Å². The lowest BCUT2D eigenvalue weighted by Gasteiger charge is -2.23. The van der Waals surface area contributed by atoms with Gasteiger partial charge in [0.15, 0.2) is 0 Å². The second-order valence-electron chi connectivity index (χ2n) is 8.39. The summed E-state index contributed by atoms with van der Waals surface area (Å²) in [5.41, 5.74) is 0. The van der Waals surface area contributed by atoms with E-state index in [1.807, 2.05) is 0 Å². The van der Waals surface area contributed by atoms with Gasteiger partial charge in [0.25, 0.3) is 0 Å². The van der Waals surface area contributed by atoms with Crippen molar-refractivity contribution in [1.82, 2.24) is 0 Å². The maximum atomic E-state index is 10.5. The fourth-order valence-corrected chi connectivity index (χ4v) is 4.42. The van der Waals surface area contributed by atoms with Crippen molar-refractivity contribution < 1.29 is 19.7 Å². The molecule has 2 fully saturated rings. The van der Waals surface area contributed by atoms with Crippen LogP contribution in [0, 0.1) is 12.3 Å². The van der Waals surface area contributed by atoms with Gasteiger partial charge in [-0.2, -0.15) is 0 Å². The Balaban J connectivity index is 1.57. The summed E-state index contributed by atoms with van der Waals surface area (Å²) in [5.74, 6) is 2.50. The first-order valence-corrected chi connectivity index (χ1v) is 11.3. The average molecular weight is 381 g/mol. The van der Waals surface area contributed by atoms with Gasteiger partial charge in [-0.1, -0.05) is 58.3 Å². The van der Waals surface area contributed by atoms with Crippen molar-refractivity contribution >= 4 is 0 Å². The molecule has 0 aromatic heterocycles. The normalized spacial score (nSPS) is 30.3. The molecule has 2 N–H and O–H groups in total. The van der Waals surface area contributed by atoms with Crippen LogP contribution in [0.15, 0.2) is 0 Å². The van der Waals surface area contributed by atoms with Crippen LogP contribution >= 0.6 is 0 Å². The van der Waals surface area contributed by atoms with E-state index in [1.165, 1.54) is 44.9 Å². The number of hydrogen-bond acceptors (Lipinski definition) is 4. The Morgan fingerprint density at radius 1 is 0.815 bits per heavy atom. The molecule has 0 aliphatic carbocycles. The van der Waals surface area contributed by atoms with E-state index in [0.29, 0.717) is 6.42 Å². The summed E-state index contributed by atoms with van der Waals surface area (Å²) in [5, 5.41) is 20.5. The van der Waals surface area contributed by atoms with Crippen LogP contribution in [-0.2, 0) is 9.47 Å². The van der Waals surface area contributed by atoms with Crippen molar-refractivity contribution in [3.05, 3.63) is 0 Å². The second-order valence-corrected chi connectivity index (χ2v) is 8.39. The van der Waals surface area contributed by atoms with Gasteiger partial charge in [-0.05, 0) is 32.1 Å². The van der Waals surface area contributed by atoms with Crippen LogP contribution in [-0.4, -0.2) is 46.8 Å². The largest absolute Gasteiger partial charge is 0.390 e. The summed E-state index contributed by atoms with van der Waals surface area (Å²) < 4.78 is 12.1. The Hall–Kier alpha value is -0.600. The van der Waals surface area contributed by atoms with Crippen LogP contribution in [0.5, 0.6) is 0 Å². The number of rotatable bonds is 13. The van der Waals surface area contributed by atoms with E-state index in [4.69, 9.17) is 15.9 Å². The predicted octanol–water partition coefficient (Wildman–Crippen LogP) is 4.36. The third-order valence-corrected chi connectivity index (χ3v) is 6.12. The molecule has 6 atom stereocenters. The van der Waals surface area contributed by atoms with E-state index < -0.39 is 6.10 Å². The molecule has 27 heavy (non-hydrogen) atoms. The van der Waals surface area contributed by atoms with Gasteiger partial charge in [-0.25, -0.2) is 0 Å². The van der Waals surface area contributed by atoms with E-state index in [9.17, 15) is 10.2 Å². The highest BCUT2D eigenvalue weighted by Gasteiger charge is 2.40. The molecular formula is C23H40O4. The predicted molar refractivity (Wildman–Crippen MR) is 108 cm³/mol. The molecule has 2 aliphatic heterocycles. The molecular weight excluding hydrogens is 340 g/mol. The number of hydrogen-bond donors (Lipinski definition) is 2. The molecule has 0 radical (unpaired) electrons. The maximum Gasteiger partial charge on any atom is 0.0910 e. The highest BCUT2D eigenvalue weighted by Crippen LogP contribution is 2.34. The van der Waals surface area contributed by atoms with Crippen LogP contribution in [0.3, 0.4) is 0 Å². The first-order chi connectivity index (χ1) is 13.2. The zero-order chi connectivity index (χ0) is 19.5. The van der Waals surface area contributed by atoms with E-state index in [0.717, 1.165) is 38.5 Å². The van der Waals surface area contributed by atoms with Crippen LogP contribution in [0.2, 0.25) is 0 Å². The fraction of sp³-hybridized carbons (Fsp3) is 0.913. The molecule has 0 aromatic carbocycles. The van der Waals surface area contributed by atoms with Crippen LogP contribution < -0.4 is 0 Å². The van der Waals surface area contributed by atoms with Gasteiger partial charge in [0, 0.05) is 6.42 Å². The van der Waals surface area contributed by atoms with Crippen molar-refractivity contribution in [2.24, 2.45) is 0 Å². The monoisotopic (exact) mass is 380 g/mol. The topological polar surface area (TPSA) is 58.9 Å². The van der Waals surface area contributed by atoms with Crippen LogP contribution in [0.1, 0.15) is 96.8 Å². The van der Waals surface area contributed by atoms with Gasteiger partial charge in [0.1, 0.15) is 0 Å². The average Bonchev–Trinajstić information content (AvgIpc) is 3.33. The summed E-state index contributed by atoms with van der Waals surface area (Å²) >= 11 is 0. The molecule has 0 amide bonds. The molecule has 0 aromatic rings. The number of aliphatic hydroxyl groups is 2. The van der Waals surface area contributed by atoms with Gasteiger partial charge >= 0.3 is 0 Å². The summed E-state index contributed by atoms with van der Waals surface area (Å²) in [6.45, 7) is 2.25. The van der Waals surface area contributed by atoms with Crippen LogP contribution in [0.25, 0.3) is 0 Å². The zero-order valence-corrected chi connectivity index (χ0v) is 17.2. The molecule has 0 saturated carbocycles. The molecule has 0 spiro atoms. The SMILES string of the molecule is C#CC[C@H](O)[C@@H]1CC[C@@H]([C@@H]2CC[C@@H]([C@H](O)CCCCCCCCCC)O2)O1. The fourth-order valence-electron chi connectivity index (χ4n) is 4.42. The quantitative estimate of drug-likeness (QED) is 0.368. The molecule has 4 heteroatoms. The highest BCUT2D eigenvalue weighted by atomic mass is 16.6. The van der Waals surface area contributed by atoms with E-state index >= 15 is 0 Å². The molecule has 4 nitrogen and oxygen atoms in total. The van der Waals surface area contributed by atoms with Crippen molar-refractivity contribution in [1.29, 1.82) is 0 Å². The lowest BCUT2D eigenvalue weighted by Crippen LogP contribution is -2.33. The smallest absolute Gasteiger partial charge is 0.0910 e. The minimum absolute atomic E-state index is 0.0303. The van der Waals surface area contributed by atoms with Gasteiger partial charge in [0.05, 0.1) is 36.6 Å². The number of aliphatic hydroxyl groups excluding tert-OH is 2. The highest BCUT2D eigenvalue weighted by molar-refractivity contribution is 4.93. The number of unbranched alkanes of at least 4 members (excludes halogenated alkanes) is 7. The lowest BCUT2D eigenvalue weighted by atomic mass is 10.0. The minimum atomic E-state index is -0.579. The Labute approximate surface area is 166 Å². The molecule has 2 rings (SSSR count). The zero-order valence-electron chi connectivity index (χ0n) is 17.2. The number of terminal acetylenes is 1. The van der Waals surface area contributed by atoms with Gasteiger partial charge < -0.3 is 19.7 Å². The lowest BCUT2D eigenvalue weighted by molar-refractivity contribution is -0.108. The number of ether oxygens (including phenoxy) is 2. The standard InChI is InChI=1S/C23H40O4/c1-3-5-6-7-8-9-10-11-13-19(25)21-15-17-23(27-21)22-16-14-20(26-22)18(24)12-4-2/h2,18-25H,3,5-17H2,1H3/t18-,19+,20-,21-,22-,23-/m0/s1. The molecule has 2 aliphatic rings. The Morgan fingerprint density at radius 3 is 1.89 bits per heavy atom. The summed E-state index contributed by atoms with van der Waals surface area (Å²) in [7, 11) is 0. The van der Waals surface area contributed by atoms with Gasteiger partial charge in [-0.15, -0.1) is 12.3 Å². The van der Waals surface area contributed by atoms with Crippen molar-refractivity contribution in [3.8, 4) is 12.3 Å². The van der Waals surface area contributed by atoms with Crippen LogP contribution in [0.4, 0.5) is 0 Å².